The number of aromatic nitrogens is 3. The maximum absolute atomic E-state index is 13.0. The van der Waals surface area contributed by atoms with Gasteiger partial charge >= 0.3 is 5.97 Å². The summed E-state index contributed by atoms with van der Waals surface area (Å²) in [5.41, 5.74) is 0.593. The molecule has 0 aliphatic heterocycles. The van der Waals surface area contributed by atoms with Crippen molar-refractivity contribution in [2.24, 2.45) is 11.8 Å². The number of H-pyrrole nitrogens is 1. The van der Waals surface area contributed by atoms with Crippen LogP contribution in [-0.2, 0) is 4.74 Å². The minimum atomic E-state index is -2.73. The summed E-state index contributed by atoms with van der Waals surface area (Å²) in [5.74, 6) is -5.06. The number of halogens is 2. The van der Waals surface area contributed by atoms with Gasteiger partial charge in [0.25, 0.3) is 5.92 Å². The van der Waals surface area contributed by atoms with Crippen LogP contribution < -0.4 is 0 Å². The fourth-order valence-electron chi connectivity index (χ4n) is 2.08. The molecule has 0 unspecified atom stereocenters. The Morgan fingerprint density at radius 3 is 2.95 bits per heavy atom. The monoisotopic (exact) mass is 267 g/mol. The molecule has 2 heterocycles. The van der Waals surface area contributed by atoms with Crippen molar-refractivity contribution in [3.05, 3.63) is 24.3 Å². The van der Waals surface area contributed by atoms with E-state index in [-0.39, 0.29) is 12.3 Å². The molecule has 3 rings (SSSR count). The summed E-state index contributed by atoms with van der Waals surface area (Å²) in [5, 5.41) is 0.517. The number of carbonyl (C=O) groups is 1. The van der Waals surface area contributed by atoms with Crippen LogP contribution in [0.5, 0.6) is 0 Å². The number of nitrogens with one attached hydrogen (secondary N) is 1. The first-order valence-corrected chi connectivity index (χ1v) is 5.85. The highest BCUT2D eigenvalue weighted by Crippen LogP contribution is 2.54. The van der Waals surface area contributed by atoms with Gasteiger partial charge in [0.2, 0.25) is 0 Å². The standard InChI is InChI=1S/C12H11F2N3O2/c1-6-8(12(6,13)14)4-19-11(18)9-7-2-3-15-10(7)17-5-16-9/h2-3,5-6,8H,4H2,1H3,(H,15,16,17)/t6-,8-/m1/s1. The molecule has 2 aromatic rings. The van der Waals surface area contributed by atoms with Gasteiger partial charge in [-0.15, -0.1) is 0 Å². The Bertz CT molecular complexity index is 641. The second-order valence-electron chi connectivity index (χ2n) is 4.63. The number of rotatable bonds is 3. The van der Waals surface area contributed by atoms with Crippen LogP contribution >= 0.6 is 0 Å². The topological polar surface area (TPSA) is 67.9 Å². The quantitative estimate of drug-likeness (QED) is 0.864. The van der Waals surface area contributed by atoms with Gasteiger partial charge in [0.05, 0.1) is 11.3 Å². The van der Waals surface area contributed by atoms with Crippen molar-refractivity contribution in [3.8, 4) is 0 Å². The second kappa shape index (κ2) is 3.97. The van der Waals surface area contributed by atoms with Crippen LogP contribution in [-0.4, -0.2) is 33.5 Å². The highest BCUT2D eigenvalue weighted by molar-refractivity contribution is 6.00. The lowest BCUT2D eigenvalue weighted by molar-refractivity contribution is 0.0359. The highest BCUT2D eigenvalue weighted by Gasteiger charge is 2.65. The van der Waals surface area contributed by atoms with Crippen LogP contribution in [0.4, 0.5) is 8.78 Å². The molecule has 0 amide bonds. The Hall–Kier alpha value is -2.05. The molecule has 19 heavy (non-hydrogen) atoms. The molecule has 0 spiro atoms. The molecule has 1 aliphatic carbocycles. The zero-order valence-corrected chi connectivity index (χ0v) is 10.1. The first-order valence-electron chi connectivity index (χ1n) is 5.85. The Balaban J connectivity index is 1.73. The van der Waals surface area contributed by atoms with Gasteiger partial charge in [-0.25, -0.2) is 23.5 Å². The molecule has 1 aliphatic rings. The number of nitrogens with zero attached hydrogens (tertiary/aromatic N) is 2. The summed E-state index contributed by atoms with van der Waals surface area (Å²) in [6.07, 6.45) is 2.84. The third-order valence-electron chi connectivity index (χ3n) is 3.54. The van der Waals surface area contributed by atoms with E-state index >= 15 is 0 Å². The summed E-state index contributed by atoms with van der Waals surface area (Å²) in [6, 6.07) is 1.64. The lowest BCUT2D eigenvalue weighted by Gasteiger charge is -2.04. The first-order chi connectivity index (χ1) is 9.01. The van der Waals surface area contributed by atoms with E-state index in [2.05, 4.69) is 15.0 Å². The summed E-state index contributed by atoms with van der Waals surface area (Å²) >= 11 is 0. The largest absolute Gasteiger partial charge is 0.460 e. The minimum absolute atomic E-state index is 0.0860. The molecule has 0 bridgehead atoms. The van der Waals surface area contributed by atoms with Gasteiger partial charge in [-0.2, -0.15) is 0 Å². The molecule has 1 N–H and O–H groups in total. The van der Waals surface area contributed by atoms with Crippen molar-refractivity contribution in [1.82, 2.24) is 15.0 Å². The minimum Gasteiger partial charge on any atom is -0.460 e. The van der Waals surface area contributed by atoms with Gasteiger partial charge in [-0.1, -0.05) is 6.92 Å². The van der Waals surface area contributed by atoms with Gasteiger partial charge in [0.1, 0.15) is 18.6 Å². The number of fused-ring (bicyclic) bond motifs is 1. The Labute approximate surface area is 107 Å². The van der Waals surface area contributed by atoms with Crippen LogP contribution in [0.3, 0.4) is 0 Å². The van der Waals surface area contributed by atoms with Gasteiger partial charge < -0.3 is 9.72 Å². The van der Waals surface area contributed by atoms with E-state index in [0.29, 0.717) is 11.0 Å². The van der Waals surface area contributed by atoms with Crippen LogP contribution in [0.2, 0.25) is 0 Å². The van der Waals surface area contributed by atoms with E-state index in [9.17, 15) is 13.6 Å². The van der Waals surface area contributed by atoms with Crippen LogP contribution in [0, 0.1) is 11.8 Å². The molecular formula is C12H11F2N3O2. The number of esters is 1. The molecule has 0 saturated heterocycles. The number of ether oxygens (including phenoxy) is 1. The maximum atomic E-state index is 13.0. The first kappa shape index (κ1) is 12.0. The fourth-order valence-corrected chi connectivity index (χ4v) is 2.08. The predicted molar refractivity (Wildman–Crippen MR) is 61.8 cm³/mol. The number of aromatic amines is 1. The molecule has 2 aromatic heterocycles. The van der Waals surface area contributed by atoms with Crippen LogP contribution in [0.1, 0.15) is 17.4 Å². The highest BCUT2D eigenvalue weighted by atomic mass is 19.3. The number of carbonyl (C=O) groups excluding carboxylic acids is 1. The van der Waals surface area contributed by atoms with E-state index in [0.717, 1.165) is 0 Å². The van der Waals surface area contributed by atoms with Crippen LogP contribution in [0.25, 0.3) is 11.0 Å². The zero-order chi connectivity index (χ0) is 13.6. The average molecular weight is 267 g/mol. The summed E-state index contributed by atoms with van der Waals surface area (Å²) < 4.78 is 31.0. The molecule has 5 nitrogen and oxygen atoms in total. The Morgan fingerprint density at radius 1 is 1.53 bits per heavy atom. The van der Waals surface area contributed by atoms with Gasteiger partial charge in [0, 0.05) is 12.1 Å². The third kappa shape index (κ3) is 1.85. The molecule has 7 heteroatoms. The van der Waals surface area contributed by atoms with E-state index < -0.39 is 23.7 Å². The van der Waals surface area contributed by atoms with Gasteiger partial charge in [0.15, 0.2) is 5.69 Å². The van der Waals surface area contributed by atoms with Gasteiger partial charge in [-0.05, 0) is 6.07 Å². The molecule has 0 aromatic carbocycles. The number of hydrogen-bond acceptors (Lipinski definition) is 4. The molecule has 1 saturated carbocycles. The summed E-state index contributed by atoms with van der Waals surface area (Å²) in [4.78, 5) is 22.4. The van der Waals surface area contributed by atoms with Crippen molar-refractivity contribution >= 4 is 17.0 Å². The Morgan fingerprint density at radius 2 is 2.26 bits per heavy atom. The van der Waals surface area contributed by atoms with Crippen molar-refractivity contribution in [2.75, 3.05) is 6.61 Å². The molecule has 1 fully saturated rings. The molecule has 0 radical (unpaired) electrons. The molecular weight excluding hydrogens is 256 g/mol. The SMILES string of the molecule is C[C@@H]1[C@@H](COC(=O)c2ncnc3[nH]ccc23)C1(F)F. The van der Waals surface area contributed by atoms with Crippen molar-refractivity contribution in [1.29, 1.82) is 0 Å². The number of hydrogen-bond donors (Lipinski definition) is 1. The molecule has 100 valence electrons. The van der Waals surface area contributed by atoms with E-state index in [1.807, 2.05) is 0 Å². The number of alkyl halides is 2. The normalized spacial score (nSPS) is 24.4. The maximum Gasteiger partial charge on any atom is 0.357 e. The van der Waals surface area contributed by atoms with E-state index in [4.69, 9.17) is 4.74 Å². The predicted octanol–water partition coefficient (Wildman–Crippen LogP) is 2.02. The third-order valence-corrected chi connectivity index (χ3v) is 3.54. The fraction of sp³-hybridized carbons (Fsp3) is 0.417. The lowest BCUT2D eigenvalue weighted by Crippen LogP contribution is -2.12. The lowest BCUT2D eigenvalue weighted by atomic mass is 10.3. The van der Waals surface area contributed by atoms with E-state index in [1.54, 1.807) is 12.3 Å². The second-order valence-corrected chi connectivity index (χ2v) is 4.63. The van der Waals surface area contributed by atoms with E-state index in [1.165, 1.54) is 13.3 Å². The smallest absolute Gasteiger partial charge is 0.357 e. The summed E-state index contributed by atoms with van der Waals surface area (Å²) in [6.45, 7) is 1.15. The molecule has 2 atom stereocenters. The Kier molecular flexibility index (Phi) is 2.51. The van der Waals surface area contributed by atoms with Crippen LogP contribution in [0.15, 0.2) is 18.6 Å². The van der Waals surface area contributed by atoms with Crippen molar-refractivity contribution < 1.29 is 18.3 Å². The van der Waals surface area contributed by atoms with Gasteiger partial charge in [-0.3, -0.25) is 0 Å². The van der Waals surface area contributed by atoms with Crippen molar-refractivity contribution in [2.45, 2.75) is 12.8 Å². The zero-order valence-electron chi connectivity index (χ0n) is 10.1. The average Bonchev–Trinajstić information content (AvgIpc) is 2.78. The van der Waals surface area contributed by atoms with Crippen molar-refractivity contribution in [3.63, 3.8) is 0 Å². The summed E-state index contributed by atoms with van der Waals surface area (Å²) in [7, 11) is 0.